The van der Waals surface area contributed by atoms with E-state index in [-0.39, 0.29) is 0 Å². The van der Waals surface area contributed by atoms with E-state index in [9.17, 15) is 0 Å². The van der Waals surface area contributed by atoms with Crippen LogP contribution in [0.15, 0.2) is 170 Å². The Kier molecular flexibility index (Phi) is 14.2. The van der Waals surface area contributed by atoms with Crippen LogP contribution in [-0.4, -0.2) is 122 Å². The van der Waals surface area contributed by atoms with Gasteiger partial charge in [0, 0.05) is 66.7 Å². The summed E-state index contributed by atoms with van der Waals surface area (Å²) in [4.78, 5) is 19.9. The lowest BCUT2D eigenvalue weighted by Crippen LogP contribution is -2.33. The number of rotatable bonds is 14. The van der Waals surface area contributed by atoms with E-state index >= 15 is 0 Å². The third-order valence-corrected chi connectivity index (χ3v) is 14.8. The maximum Gasteiger partial charge on any atom is 0.104 e. The molecule has 0 spiro atoms. The van der Waals surface area contributed by atoms with Gasteiger partial charge in [-0.25, -0.2) is 9.97 Å². The molecule has 3 aromatic heterocycles. The van der Waals surface area contributed by atoms with Gasteiger partial charge in [0.2, 0.25) is 0 Å². The average molecular weight is 1060 g/mol. The summed E-state index contributed by atoms with van der Waals surface area (Å²) in [6, 6.07) is 62.9. The summed E-state index contributed by atoms with van der Waals surface area (Å²) in [5.41, 5.74) is 25.4. The zero-order valence-corrected chi connectivity index (χ0v) is 49.0. The molecule has 5 heterocycles. The molecule has 11 rings (SSSR count). The van der Waals surface area contributed by atoms with E-state index in [4.69, 9.17) is 9.97 Å². The van der Waals surface area contributed by atoms with Gasteiger partial charge in [0.25, 0.3) is 0 Å². The van der Waals surface area contributed by atoms with E-state index in [1.165, 1.54) is 22.3 Å². The minimum absolute atomic E-state index is 0.826. The molecule has 2 aliphatic heterocycles. The van der Waals surface area contributed by atoms with E-state index in [2.05, 4.69) is 289 Å². The van der Waals surface area contributed by atoms with E-state index in [1.54, 1.807) is 0 Å². The minimum Gasteiger partial charge on any atom is -0.354 e. The van der Waals surface area contributed by atoms with Crippen molar-refractivity contribution >= 4 is 46.4 Å². The average Bonchev–Trinajstić information content (AvgIpc) is 4.37. The topological polar surface area (TPSA) is 57.4 Å². The Bertz CT molecular complexity index is 3710. The van der Waals surface area contributed by atoms with Gasteiger partial charge >= 0.3 is 0 Å². The first-order valence-electron chi connectivity index (χ1n) is 28.0. The number of hydrogen-bond donors (Lipinski definition) is 2. The molecule has 2 aliphatic rings. The van der Waals surface area contributed by atoms with Crippen molar-refractivity contribution in [2.45, 2.75) is 26.2 Å². The first kappa shape index (κ1) is 53.7. The van der Waals surface area contributed by atoms with Crippen LogP contribution in [0.4, 0.5) is 0 Å². The zero-order chi connectivity index (χ0) is 56.1. The molecular weight excluding hydrogens is 977 g/mol. The molecule has 0 fully saturated rings. The predicted octanol–water partition coefficient (Wildman–Crippen LogP) is 15.5. The molecule has 0 saturated carbocycles. The van der Waals surface area contributed by atoms with Crippen molar-refractivity contribution in [2.24, 2.45) is 0 Å². The molecule has 0 unspecified atom stereocenters. The van der Waals surface area contributed by atoms with E-state index in [1.807, 2.05) is 0 Å². The molecule has 402 valence electrons. The highest BCUT2D eigenvalue weighted by molar-refractivity contribution is 6.13. The Morgan fingerprint density at radius 1 is 0.263 bits per heavy atom. The van der Waals surface area contributed by atoms with Crippen molar-refractivity contribution in [1.82, 2.24) is 19.9 Å². The summed E-state index contributed by atoms with van der Waals surface area (Å²) in [5.74, 6) is 0. The summed E-state index contributed by atoms with van der Waals surface area (Å²) in [7, 11) is 26.9. The second-order valence-corrected chi connectivity index (χ2v) is 26.2. The van der Waals surface area contributed by atoms with Crippen LogP contribution >= 0.6 is 0 Å². The van der Waals surface area contributed by atoms with Crippen LogP contribution in [0, 0.1) is 0 Å². The molecule has 8 heteroatoms. The third-order valence-electron chi connectivity index (χ3n) is 14.8. The largest absolute Gasteiger partial charge is 0.354 e. The highest BCUT2D eigenvalue weighted by Crippen LogP contribution is 2.48. The Morgan fingerprint density at radius 3 is 0.787 bits per heavy atom. The van der Waals surface area contributed by atoms with E-state index in [0.29, 0.717) is 0 Å². The first-order chi connectivity index (χ1) is 38.1. The van der Waals surface area contributed by atoms with Gasteiger partial charge in [0.05, 0.1) is 118 Å². The standard InChI is InChI=1S/C72H78N8/c1-77(2,3)45-49-23-31-55(32-24-49)65-59-39-40-60(73-59)66(56-33-25-50(26-34-56)46-78(4,5)6)62-42-44-64(75-62)68(58-37-29-52(30-38-58)48-80(10,11)12)72-70(54-21-17-14-18-22-54)69(53-19-15-13-16-20-53)71(76-72)67(63-43-41-61(65)74-63)57-35-27-51(28-36-57)47-79(7,8)9/h13-44,73,76H,45-48H2,1-12H3/q+4. The van der Waals surface area contributed by atoms with Crippen LogP contribution in [-0.2, 0) is 26.2 Å². The fourth-order valence-corrected chi connectivity index (χ4v) is 11.7. The quantitative estimate of drug-likeness (QED) is 0.107. The summed E-state index contributed by atoms with van der Waals surface area (Å²) in [5, 5.41) is 0. The number of quaternary nitrogens is 4. The molecular formula is C72H78N8+4. The van der Waals surface area contributed by atoms with Crippen LogP contribution in [0.2, 0.25) is 0 Å². The maximum atomic E-state index is 5.82. The Labute approximate surface area is 474 Å². The molecule has 0 radical (unpaired) electrons. The SMILES string of the molecule is C[N+](C)(C)Cc1ccc(-c2c3nc(c(-c4ccc(C[N+](C)(C)C)cc4)c4[nH]c(c(-c5ccc(C[N+](C)(C)C)cc5)c5nc(c(-c6ccc(C[N+](C)(C)C)cc6)c6ccc2[nH]6)C=C5)c(-c2ccccc2)c4-c2ccccc2)C=C3)cc1. The van der Waals surface area contributed by atoms with Crippen molar-refractivity contribution in [2.75, 3.05) is 84.6 Å². The van der Waals surface area contributed by atoms with Gasteiger partial charge in [-0.15, -0.1) is 0 Å². The summed E-state index contributed by atoms with van der Waals surface area (Å²) >= 11 is 0. The second kappa shape index (κ2) is 21.1. The number of aromatic nitrogens is 4. The Balaban J connectivity index is 1.34. The molecule has 80 heavy (non-hydrogen) atoms. The molecule has 0 amide bonds. The normalized spacial score (nSPS) is 12.8. The van der Waals surface area contributed by atoms with Crippen LogP contribution in [0.5, 0.6) is 0 Å². The van der Waals surface area contributed by atoms with Crippen LogP contribution < -0.4 is 0 Å². The maximum absolute atomic E-state index is 5.82. The number of H-pyrrole nitrogens is 2. The molecule has 0 atom stereocenters. The van der Waals surface area contributed by atoms with E-state index < -0.39 is 0 Å². The molecule has 2 N–H and O–H groups in total. The van der Waals surface area contributed by atoms with Gasteiger partial charge in [0.1, 0.15) is 26.2 Å². The van der Waals surface area contributed by atoms with Crippen molar-refractivity contribution in [3.8, 4) is 66.8 Å². The van der Waals surface area contributed by atoms with Gasteiger partial charge in [-0.2, -0.15) is 0 Å². The molecule has 9 aromatic rings. The minimum atomic E-state index is 0.826. The highest BCUT2D eigenvalue weighted by Gasteiger charge is 2.26. The zero-order valence-electron chi connectivity index (χ0n) is 49.0. The van der Waals surface area contributed by atoms with Crippen molar-refractivity contribution in [1.29, 1.82) is 0 Å². The fraction of sp³-hybridized carbons (Fsp3) is 0.222. The van der Waals surface area contributed by atoms with Gasteiger partial charge in [0.15, 0.2) is 0 Å². The Morgan fingerprint density at radius 2 is 0.512 bits per heavy atom. The fourth-order valence-electron chi connectivity index (χ4n) is 11.7. The van der Waals surface area contributed by atoms with Gasteiger partial charge in [-0.3, -0.25) is 0 Å². The number of fused-ring (bicyclic) bond motifs is 8. The van der Waals surface area contributed by atoms with Gasteiger partial charge in [-0.1, -0.05) is 158 Å². The van der Waals surface area contributed by atoms with Crippen molar-refractivity contribution in [3.05, 3.63) is 215 Å². The lowest BCUT2D eigenvalue weighted by molar-refractivity contribution is -0.884. The van der Waals surface area contributed by atoms with Crippen LogP contribution in [0.1, 0.15) is 45.0 Å². The van der Waals surface area contributed by atoms with E-state index in [0.717, 1.165) is 156 Å². The Hall–Kier alpha value is -8.24. The molecule has 0 saturated heterocycles. The summed E-state index contributed by atoms with van der Waals surface area (Å²) in [6.07, 6.45) is 8.89. The van der Waals surface area contributed by atoms with Crippen LogP contribution in [0.3, 0.4) is 0 Å². The number of hydrogen-bond acceptors (Lipinski definition) is 2. The van der Waals surface area contributed by atoms with Gasteiger partial charge in [-0.05, 0) is 69.8 Å². The predicted molar refractivity (Wildman–Crippen MR) is 338 cm³/mol. The number of aromatic amines is 2. The lowest BCUT2D eigenvalue weighted by Gasteiger charge is -2.24. The van der Waals surface area contributed by atoms with Crippen molar-refractivity contribution in [3.63, 3.8) is 0 Å². The van der Waals surface area contributed by atoms with Crippen molar-refractivity contribution < 1.29 is 17.9 Å². The molecule has 0 aliphatic carbocycles. The summed E-state index contributed by atoms with van der Waals surface area (Å²) in [6.45, 7) is 3.64. The lowest BCUT2D eigenvalue weighted by atomic mass is 9.91. The number of nitrogens with one attached hydrogen (secondary N) is 2. The first-order valence-corrected chi connectivity index (χ1v) is 28.0. The third kappa shape index (κ3) is 11.9. The number of benzene rings is 6. The molecule has 6 aromatic carbocycles. The second-order valence-electron chi connectivity index (χ2n) is 26.2. The smallest absolute Gasteiger partial charge is 0.104 e. The monoisotopic (exact) mass is 1050 g/mol. The highest BCUT2D eigenvalue weighted by atomic mass is 15.3. The van der Waals surface area contributed by atoms with Crippen LogP contribution in [0.25, 0.3) is 113 Å². The molecule has 8 nitrogen and oxygen atoms in total. The number of nitrogens with zero attached hydrogens (tertiary/aromatic N) is 6. The van der Waals surface area contributed by atoms with Gasteiger partial charge < -0.3 is 27.9 Å². The summed E-state index contributed by atoms with van der Waals surface area (Å²) < 4.78 is 3.33. The molecule has 8 bridgehead atoms.